The number of rotatable bonds is 4. The fourth-order valence-electron chi connectivity index (χ4n) is 3.49. The van der Waals surface area contributed by atoms with E-state index in [9.17, 15) is 9.59 Å². The van der Waals surface area contributed by atoms with Crippen LogP contribution in [0.3, 0.4) is 0 Å². The first-order valence-corrected chi connectivity index (χ1v) is 9.19. The summed E-state index contributed by atoms with van der Waals surface area (Å²) < 4.78 is 5.55. The molecule has 142 valence electrons. The number of methoxy groups -OCH3 is 1. The molecule has 0 saturated carbocycles. The highest BCUT2D eigenvalue weighted by molar-refractivity contribution is 5.98. The smallest absolute Gasteiger partial charge is 0.256 e. The van der Waals surface area contributed by atoms with E-state index in [4.69, 9.17) is 4.74 Å². The summed E-state index contributed by atoms with van der Waals surface area (Å²) in [6, 6.07) is 7.12. The lowest BCUT2D eigenvalue weighted by Crippen LogP contribution is -2.51. The molecule has 0 spiro atoms. The van der Waals surface area contributed by atoms with Gasteiger partial charge in [0, 0.05) is 44.5 Å². The molecule has 2 saturated heterocycles. The van der Waals surface area contributed by atoms with Crippen molar-refractivity contribution < 1.29 is 14.3 Å². The average molecular weight is 360 g/mol. The average Bonchev–Trinajstić information content (AvgIpc) is 2.69. The number of anilines is 1. The number of hydrogen-bond donors (Lipinski definition) is 2. The van der Waals surface area contributed by atoms with Crippen LogP contribution in [0.2, 0.25) is 0 Å². The Morgan fingerprint density at radius 3 is 2.27 bits per heavy atom. The van der Waals surface area contributed by atoms with Gasteiger partial charge in [-0.1, -0.05) is 0 Å². The number of likely N-dealkylation sites (N-methyl/N-ethyl adjacent to an activating group) is 1. The summed E-state index contributed by atoms with van der Waals surface area (Å²) in [6.45, 7) is 4.82. The summed E-state index contributed by atoms with van der Waals surface area (Å²) in [5, 5.41) is 6.17. The number of carbonyl (C=O) groups excluding carboxylic acids is 2. The molecule has 2 amide bonds. The molecule has 2 N–H and O–H groups in total. The van der Waals surface area contributed by atoms with Gasteiger partial charge in [0.25, 0.3) is 11.8 Å². The van der Waals surface area contributed by atoms with Crippen molar-refractivity contribution in [3.63, 3.8) is 0 Å². The number of nitrogens with zero attached hydrogens (tertiary/aromatic N) is 2. The molecule has 0 bridgehead atoms. The van der Waals surface area contributed by atoms with Gasteiger partial charge in [-0.2, -0.15) is 0 Å². The predicted octanol–water partition coefficient (Wildman–Crippen LogP) is 0.781. The lowest BCUT2D eigenvalue weighted by molar-refractivity contribution is -0.140. The van der Waals surface area contributed by atoms with Crippen LogP contribution in [0.1, 0.15) is 23.2 Å². The molecular weight excluding hydrogens is 332 g/mol. The largest absolute Gasteiger partial charge is 0.368 e. The first-order chi connectivity index (χ1) is 12.5. The number of piperidine rings is 1. The molecule has 2 aliphatic rings. The van der Waals surface area contributed by atoms with E-state index in [1.165, 1.54) is 0 Å². The first kappa shape index (κ1) is 18.8. The molecule has 0 radical (unpaired) electrons. The molecule has 0 aromatic heterocycles. The fourth-order valence-corrected chi connectivity index (χ4v) is 3.49. The zero-order valence-corrected chi connectivity index (χ0v) is 15.6. The predicted molar refractivity (Wildman–Crippen MR) is 100 cm³/mol. The lowest BCUT2D eigenvalue weighted by atomic mass is 9.91. The second-order valence-corrected chi connectivity index (χ2v) is 7.08. The van der Waals surface area contributed by atoms with Crippen LogP contribution in [0, 0.1) is 0 Å². The van der Waals surface area contributed by atoms with E-state index >= 15 is 0 Å². The third kappa shape index (κ3) is 4.06. The molecule has 0 atom stereocenters. The highest BCUT2D eigenvalue weighted by atomic mass is 16.5. The summed E-state index contributed by atoms with van der Waals surface area (Å²) in [6.07, 6.45) is 1.30. The van der Waals surface area contributed by atoms with Crippen LogP contribution in [-0.4, -0.2) is 80.6 Å². The van der Waals surface area contributed by atoms with Gasteiger partial charge in [-0.15, -0.1) is 0 Å². The molecule has 2 aliphatic heterocycles. The van der Waals surface area contributed by atoms with Crippen molar-refractivity contribution in [2.75, 3.05) is 58.7 Å². The first-order valence-electron chi connectivity index (χ1n) is 9.19. The highest BCUT2D eigenvalue weighted by Gasteiger charge is 2.39. The summed E-state index contributed by atoms with van der Waals surface area (Å²) in [5.41, 5.74) is 0.551. The standard InChI is InChI=1S/C19H28N4O3/c1-22-11-13-23(14-12-22)17(24)15-3-5-16(6-4-15)21-18(25)19(26-2)7-9-20-10-8-19/h3-6,20H,7-14H2,1-2H3,(H,21,25). The van der Waals surface area contributed by atoms with Crippen molar-refractivity contribution in [2.45, 2.75) is 18.4 Å². The molecule has 26 heavy (non-hydrogen) atoms. The van der Waals surface area contributed by atoms with Gasteiger partial charge in [0.05, 0.1) is 0 Å². The number of amides is 2. The Balaban J connectivity index is 1.62. The maximum absolute atomic E-state index is 12.7. The Morgan fingerprint density at radius 1 is 1.08 bits per heavy atom. The summed E-state index contributed by atoms with van der Waals surface area (Å²) in [7, 11) is 3.65. The molecule has 1 aromatic rings. The third-order valence-electron chi connectivity index (χ3n) is 5.40. The van der Waals surface area contributed by atoms with E-state index in [1.54, 1.807) is 31.4 Å². The van der Waals surface area contributed by atoms with Crippen LogP contribution in [0.15, 0.2) is 24.3 Å². The van der Waals surface area contributed by atoms with Crippen LogP contribution in [-0.2, 0) is 9.53 Å². The van der Waals surface area contributed by atoms with Gasteiger partial charge in [0.15, 0.2) is 0 Å². The minimum Gasteiger partial charge on any atom is -0.368 e. The number of benzene rings is 1. The Morgan fingerprint density at radius 2 is 1.69 bits per heavy atom. The van der Waals surface area contributed by atoms with E-state index in [0.717, 1.165) is 39.3 Å². The Labute approximate surface area is 154 Å². The van der Waals surface area contributed by atoms with E-state index < -0.39 is 5.60 Å². The quantitative estimate of drug-likeness (QED) is 0.830. The summed E-state index contributed by atoms with van der Waals surface area (Å²) >= 11 is 0. The van der Waals surface area contributed by atoms with Crippen molar-refractivity contribution >= 4 is 17.5 Å². The second-order valence-electron chi connectivity index (χ2n) is 7.08. The van der Waals surface area contributed by atoms with Crippen LogP contribution in [0.5, 0.6) is 0 Å². The molecular formula is C19H28N4O3. The number of piperazine rings is 1. The van der Waals surface area contributed by atoms with Gasteiger partial charge in [0.1, 0.15) is 5.60 Å². The highest BCUT2D eigenvalue weighted by Crippen LogP contribution is 2.24. The molecule has 7 nitrogen and oxygen atoms in total. The number of carbonyl (C=O) groups is 2. The maximum Gasteiger partial charge on any atom is 0.256 e. The van der Waals surface area contributed by atoms with Gasteiger partial charge in [-0.05, 0) is 57.2 Å². The number of nitrogens with one attached hydrogen (secondary N) is 2. The zero-order valence-electron chi connectivity index (χ0n) is 15.6. The van der Waals surface area contributed by atoms with Gasteiger partial charge < -0.3 is 25.2 Å². The van der Waals surface area contributed by atoms with E-state index in [-0.39, 0.29) is 11.8 Å². The summed E-state index contributed by atoms with van der Waals surface area (Å²) in [4.78, 5) is 29.3. The lowest BCUT2D eigenvalue weighted by Gasteiger charge is -2.34. The van der Waals surface area contributed by atoms with E-state index in [1.807, 2.05) is 4.90 Å². The SMILES string of the molecule is COC1(C(=O)Nc2ccc(C(=O)N3CCN(C)CC3)cc2)CCNCC1. The fraction of sp³-hybridized carbons (Fsp3) is 0.579. The van der Waals surface area contributed by atoms with Gasteiger partial charge in [0.2, 0.25) is 0 Å². The third-order valence-corrected chi connectivity index (χ3v) is 5.40. The molecule has 2 fully saturated rings. The maximum atomic E-state index is 12.7. The molecule has 7 heteroatoms. The molecule has 2 heterocycles. The second kappa shape index (κ2) is 8.16. The van der Waals surface area contributed by atoms with Crippen molar-refractivity contribution in [3.8, 4) is 0 Å². The Bertz CT molecular complexity index is 633. The molecule has 3 rings (SSSR count). The minimum absolute atomic E-state index is 0.0442. The van der Waals surface area contributed by atoms with Crippen molar-refractivity contribution in [1.29, 1.82) is 0 Å². The molecule has 0 aliphatic carbocycles. The van der Waals surface area contributed by atoms with Gasteiger partial charge in [-0.3, -0.25) is 9.59 Å². The van der Waals surface area contributed by atoms with E-state index in [0.29, 0.717) is 24.1 Å². The van der Waals surface area contributed by atoms with E-state index in [2.05, 4.69) is 22.6 Å². The zero-order chi connectivity index (χ0) is 18.6. The topological polar surface area (TPSA) is 73.9 Å². The molecule has 0 unspecified atom stereocenters. The van der Waals surface area contributed by atoms with Gasteiger partial charge >= 0.3 is 0 Å². The Kier molecular flexibility index (Phi) is 5.90. The monoisotopic (exact) mass is 360 g/mol. The van der Waals surface area contributed by atoms with Crippen LogP contribution in [0.4, 0.5) is 5.69 Å². The van der Waals surface area contributed by atoms with Crippen LogP contribution in [0.25, 0.3) is 0 Å². The Hall–Kier alpha value is -1.96. The van der Waals surface area contributed by atoms with Crippen LogP contribution < -0.4 is 10.6 Å². The minimum atomic E-state index is -0.778. The number of ether oxygens (including phenoxy) is 1. The van der Waals surface area contributed by atoms with Gasteiger partial charge in [-0.25, -0.2) is 0 Å². The normalized spacial score (nSPS) is 20.6. The van der Waals surface area contributed by atoms with Crippen molar-refractivity contribution in [1.82, 2.24) is 15.1 Å². The van der Waals surface area contributed by atoms with Crippen molar-refractivity contribution in [3.05, 3.63) is 29.8 Å². The summed E-state index contributed by atoms with van der Waals surface area (Å²) in [5.74, 6) is -0.0812. The van der Waals surface area contributed by atoms with Crippen molar-refractivity contribution in [2.24, 2.45) is 0 Å². The number of hydrogen-bond acceptors (Lipinski definition) is 5. The van der Waals surface area contributed by atoms with Crippen LogP contribution >= 0.6 is 0 Å². The molecule has 1 aromatic carbocycles.